The lowest BCUT2D eigenvalue weighted by Crippen LogP contribution is -2.44. The van der Waals surface area contributed by atoms with Crippen molar-refractivity contribution in [3.63, 3.8) is 0 Å². The summed E-state index contributed by atoms with van der Waals surface area (Å²) in [5.41, 5.74) is 7.16. The van der Waals surface area contributed by atoms with Gasteiger partial charge in [0.15, 0.2) is 5.76 Å². The van der Waals surface area contributed by atoms with Gasteiger partial charge in [-0.3, -0.25) is 5.32 Å². The lowest BCUT2D eigenvalue weighted by atomic mass is 9.78. The molecule has 0 saturated carbocycles. The van der Waals surface area contributed by atoms with E-state index in [0.717, 1.165) is 41.3 Å². The maximum absolute atomic E-state index is 6.59. The van der Waals surface area contributed by atoms with Gasteiger partial charge < -0.3 is 4.42 Å². The standard InChI is InChI=1S/C35H28N2O/c1-22(34-36-32(23-11-4-2-5-12-23)33(38-34)24-13-6-3-7-14-24)37-35-20-10-17-28-29(35)19-18-27-26-16-9-8-15-25(26)21-30(35)31(27)28/h2-9,11-16,18-19,21-22,37H,10,17,20H2,1H3. The Kier molecular flexibility index (Phi) is 4.68. The molecule has 1 N–H and O–H groups in total. The van der Waals surface area contributed by atoms with Crippen molar-refractivity contribution < 1.29 is 4.42 Å². The fraction of sp³-hybridized carbons (Fsp3) is 0.171. The molecular formula is C35H28N2O. The molecule has 0 spiro atoms. The molecule has 3 nitrogen and oxygen atoms in total. The van der Waals surface area contributed by atoms with E-state index in [0.29, 0.717) is 0 Å². The van der Waals surface area contributed by atoms with E-state index >= 15 is 0 Å². The number of oxazole rings is 1. The molecule has 8 rings (SSSR count). The number of hydrogen-bond donors (Lipinski definition) is 1. The summed E-state index contributed by atoms with van der Waals surface area (Å²) in [6.07, 6.45) is 3.39. The molecule has 2 aliphatic carbocycles. The topological polar surface area (TPSA) is 38.1 Å². The van der Waals surface area contributed by atoms with Crippen LogP contribution >= 0.6 is 0 Å². The van der Waals surface area contributed by atoms with Crippen LogP contribution in [-0.2, 0) is 12.0 Å². The first-order valence-electron chi connectivity index (χ1n) is 13.6. The maximum Gasteiger partial charge on any atom is 0.212 e. The fourth-order valence-corrected chi connectivity index (χ4v) is 6.97. The lowest BCUT2D eigenvalue weighted by Gasteiger charge is -2.37. The van der Waals surface area contributed by atoms with Crippen LogP contribution in [0.2, 0.25) is 0 Å². The van der Waals surface area contributed by atoms with E-state index in [-0.39, 0.29) is 11.6 Å². The van der Waals surface area contributed by atoms with Crippen molar-refractivity contribution in [2.45, 2.75) is 37.8 Å². The first kappa shape index (κ1) is 21.8. The summed E-state index contributed by atoms with van der Waals surface area (Å²) in [4.78, 5) is 5.11. The van der Waals surface area contributed by atoms with Crippen LogP contribution in [0, 0.1) is 0 Å². The second-order valence-corrected chi connectivity index (χ2v) is 10.7. The minimum absolute atomic E-state index is 0.0726. The molecule has 5 aromatic carbocycles. The van der Waals surface area contributed by atoms with Gasteiger partial charge in [-0.05, 0) is 70.5 Å². The van der Waals surface area contributed by atoms with Crippen molar-refractivity contribution in [3.8, 4) is 22.6 Å². The summed E-state index contributed by atoms with van der Waals surface area (Å²) >= 11 is 0. The monoisotopic (exact) mass is 492 g/mol. The Bertz CT molecular complexity index is 1780. The van der Waals surface area contributed by atoms with Crippen molar-refractivity contribution in [1.29, 1.82) is 0 Å². The van der Waals surface area contributed by atoms with E-state index in [1.807, 2.05) is 24.3 Å². The van der Waals surface area contributed by atoms with Gasteiger partial charge in [0, 0.05) is 11.1 Å². The minimum Gasteiger partial charge on any atom is -0.438 e. The van der Waals surface area contributed by atoms with Crippen LogP contribution < -0.4 is 5.32 Å². The van der Waals surface area contributed by atoms with Crippen LogP contribution in [0.1, 0.15) is 48.4 Å². The zero-order chi connectivity index (χ0) is 25.3. The molecule has 3 heteroatoms. The second-order valence-electron chi connectivity index (χ2n) is 10.7. The molecule has 2 aliphatic rings. The van der Waals surface area contributed by atoms with E-state index in [4.69, 9.17) is 9.40 Å². The lowest BCUT2D eigenvalue weighted by molar-refractivity contribution is 0.294. The van der Waals surface area contributed by atoms with Crippen LogP contribution in [0.15, 0.2) is 108 Å². The van der Waals surface area contributed by atoms with Crippen LogP contribution in [-0.4, -0.2) is 4.98 Å². The summed E-state index contributed by atoms with van der Waals surface area (Å²) < 4.78 is 6.59. The highest BCUT2D eigenvalue weighted by atomic mass is 16.4. The van der Waals surface area contributed by atoms with E-state index in [1.54, 1.807) is 0 Å². The van der Waals surface area contributed by atoms with Crippen molar-refractivity contribution in [2.24, 2.45) is 0 Å². The summed E-state index contributed by atoms with van der Waals surface area (Å²) in [7, 11) is 0. The first-order valence-corrected chi connectivity index (χ1v) is 13.6. The molecule has 0 aliphatic heterocycles. The normalized spacial score (nSPS) is 18.4. The van der Waals surface area contributed by atoms with E-state index in [2.05, 4.69) is 91.1 Å². The number of nitrogens with one attached hydrogen (secondary N) is 1. The van der Waals surface area contributed by atoms with Crippen LogP contribution in [0.4, 0.5) is 0 Å². The van der Waals surface area contributed by atoms with Crippen LogP contribution in [0.3, 0.4) is 0 Å². The average molecular weight is 493 g/mol. The first-order chi connectivity index (χ1) is 18.7. The van der Waals surface area contributed by atoms with Gasteiger partial charge in [-0.2, -0.15) is 0 Å². The quantitative estimate of drug-likeness (QED) is 0.245. The summed E-state index contributed by atoms with van der Waals surface area (Å²) in [6.45, 7) is 2.19. The molecule has 0 radical (unpaired) electrons. The molecule has 4 bridgehead atoms. The third-order valence-electron chi connectivity index (χ3n) is 8.59. The van der Waals surface area contributed by atoms with Gasteiger partial charge in [0.2, 0.25) is 5.89 Å². The van der Waals surface area contributed by atoms with Gasteiger partial charge in [-0.15, -0.1) is 0 Å². The summed E-state index contributed by atoms with van der Waals surface area (Å²) in [6, 6.07) is 36.5. The Morgan fingerprint density at radius 2 is 1.53 bits per heavy atom. The highest BCUT2D eigenvalue weighted by Gasteiger charge is 2.46. The van der Waals surface area contributed by atoms with Gasteiger partial charge in [-0.25, -0.2) is 4.98 Å². The molecule has 1 aromatic heterocycles. The smallest absolute Gasteiger partial charge is 0.212 e. The zero-order valence-electron chi connectivity index (χ0n) is 21.4. The van der Waals surface area contributed by atoms with E-state index in [9.17, 15) is 0 Å². The summed E-state index contributed by atoms with van der Waals surface area (Å²) in [5, 5.41) is 9.56. The molecule has 0 amide bonds. The number of aromatic nitrogens is 1. The Morgan fingerprint density at radius 1 is 0.789 bits per heavy atom. The van der Waals surface area contributed by atoms with Crippen LogP contribution in [0.25, 0.3) is 44.1 Å². The Balaban J connectivity index is 1.26. The van der Waals surface area contributed by atoms with Gasteiger partial charge >= 0.3 is 0 Å². The van der Waals surface area contributed by atoms with Crippen molar-refractivity contribution >= 4 is 21.5 Å². The molecule has 184 valence electrons. The SMILES string of the molecule is CC(NC12CCCc3c1ccc1c3c2cc2ccccc21)c1nc(-c2ccccc2)c(-c2ccccc2)o1. The van der Waals surface area contributed by atoms with Gasteiger partial charge in [0.1, 0.15) is 5.69 Å². The van der Waals surface area contributed by atoms with Crippen LogP contribution in [0.5, 0.6) is 0 Å². The Labute approximate surface area is 222 Å². The molecule has 0 fully saturated rings. The number of fused-ring (bicyclic) bond motifs is 3. The maximum atomic E-state index is 6.59. The molecule has 2 unspecified atom stereocenters. The fourth-order valence-electron chi connectivity index (χ4n) is 6.97. The molecule has 6 aromatic rings. The zero-order valence-corrected chi connectivity index (χ0v) is 21.4. The Hall–Kier alpha value is -4.21. The summed E-state index contributed by atoms with van der Waals surface area (Å²) in [5.74, 6) is 1.55. The van der Waals surface area contributed by atoms with Crippen molar-refractivity contribution in [1.82, 2.24) is 10.3 Å². The minimum atomic E-state index is -0.220. The third-order valence-corrected chi connectivity index (χ3v) is 8.59. The highest BCUT2D eigenvalue weighted by Crippen LogP contribution is 2.54. The van der Waals surface area contributed by atoms with Gasteiger partial charge in [0.05, 0.1) is 11.6 Å². The van der Waals surface area contributed by atoms with E-state index in [1.165, 1.54) is 44.7 Å². The predicted octanol–water partition coefficient (Wildman–Crippen LogP) is 8.56. The second kappa shape index (κ2) is 8.14. The number of benzene rings is 5. The number of aryl methyl sites for hydroxylation is 1. The molecule has 2 atom stereocenters. The largest absolute Gasteiger partial charge is 0.438 e. The van der Waals surface area contributed by atoms with Gasteiger partial charge in [0.25, 0.3) is 0 Å². The molecule has 1 heterocycles. The number of hydrogen-bond acceptors (Lipinski definition) is 3. The molecule has 38 heavy (non-hydrogen) atoms. The number of nitrogens with zero attached hydrogens (tertiary/aromatic N) is 1. The average Bonchev–Trinajstić information content (AvgIpc) is 3.45. The predicted molar refractivity (Wildman–Crippen MR) is 154 cm³/mol. The number of rotatable bonds is 5. The highest BCUT2D eigenvalue weighted by molar-refractivity contribution is 6.12. The van der Waals surface area contributed by atoms with Crippen molar-refractivity contribution in [2.75, 3.05) is 0 Å². The van der Waals surface area contributed by atoms with E-state index < -0.39 is 0 Å². The third kappa shape index (κ3) is 3.03. The Morgan fingerprint density at radius 3 is 2.34 bits per heavy atom. The van der Waals surface area contributed by atoms with Gasteiger partial charge in [-0.1, -0.05) is 97.1 Å². The van der Waals surface area contributed by atoms with Crippen molar-refractivity contribution in [3.05, 3.63) is 126 Å². The molecular weight excluding hydrogens is 464 g/mol. The molecule has 0 saturated heterocycles.